The maximum absolute atomic E-state index is 10.5. The Balaban J connectivity index is 2.28. The molecule has 0 unspecified atom stereocenters. The fourth-order valence-corrected chi connectivity index (χ4v) is 1.43. The van der Waals surface area contributed by atoms with E-state index in [0.717, 1.165) is 11.8 Å². The average molecular weight is 201 g/mol. The predicted molar refractivity (Wildman–Crippen MR) is 55.7 cm³/mol. The molecule has 4 heteroatoms. The number of aldehydes is 1. The third-order valence-corrected chi connectivity index (χ3v) is 2.34. The van der Waals surface area contributed by atoms with E-state index in [4.69, 9.17) is 0 Å². The first-order valence-electron chi connectivity index (χ1n) is 4.71. The van der Waals surface area contributed by atoms with E-state index in [1.807, 2.05) is 19.1 Å². The standard InChI is InChI=1S/C11H11N3O/c1-9(10-2-5-12-6-3-10)14-7-4-11(8-15)13-14/h2-9H,1H3/t9-/m1/s1. The van der Waals surface area contributed by atoms with E-state index in [9.17, 15) is 4.79 Å². The molecule has 0 fully saturated rings. The lowest BCUT2D eigenvalue weighted by molar-refractivity contribution is 0.111. The van der Waals surface area contributed by atoms with E-state index < -0.39 is 0 Å². The molecule has 0 aromatic carbocycles. The van der Waals surface area contributed by atoms with Crippen LogP contribution in [-0.4, -0.2) is 21.1 Å². The van der Waals surface area contributed by atoms with Crippen molar-refractivity contribution in [1.82, 2.24) is 14.8 Å². The van der Waals surface area contributed by atoms with Crippen LogP contribution >= 0.6 is 0 Å². The fourth-order valence-electron chi connectivity index (χ4n) is 1.43. The molecule has 0 saturated carbocycles. The molecule has 0 amide bonds. The lowest BCUT2D eigenvalue weighted by Gasteiger charge is -2.11. The lowest BCUT2D eigenvalue weighted by atomic mass is 10.1. The van der Waals surface area contributed by atoms with E-state index in [-0.39, 0.29) is 6.04 Å². The highest BCUT2D eigenvalue weighted by molar-refractivity contribution is 5.71. The number of rotatable bonds is 3. The molecule has 2 aromatic rings. The Morgan fingerprint density at radius 3 is 2.67 bits per heavy atom. The zero-order chi connectivity index (χ0) is 10.7. The molecule has 0 saturated heterocycles. The normalized spacial score (nSPS) is 12.3. The van der Waals surface area contributed by atoms with Crippen molar-refractivity contribution in [3.8, 4) is 0 Å². The third-order valence-electron chi connectivity index (χ3n) is 2.34. The van der Waals surface area contributed by atoms with Crippen LogP contribution < -0.4 is 0 Å². The molecule has 4 nitrogen and oxygen atoms in total. The summed E-state index contributed by atoms with van der Waals surface area (Å²) in [5.74, 6) is 0. The van der Waals surface area contributed by atoms with Gasteiger partial charge in [0, 0.05) is 18.6 Å². The summed E-state index contributed by atoms with van der Waals surface area (Å²) in [6.07, 6.45) is 6.04. The van der Waals surface area contributed by atoms with E-state index in [0.29, 0.717) is 5.69 Å². The molecule has 0 N–H and O–H groups in total. The van der Waals surface area contributed by atoms with Crippen LogP contribution in [0, 0.1) is 0 Å². The summed E-state index contributed by atoms with van der Waals surface area (Å²) < 4.78 is 1.76. The zero-order valence-electron chi connectivity index (χ0n) is 8.37. The summed E-state index contributed by atoms with van der Waals surface area (Å²) in [5, 5.41) is 4.13. The molecule has 0 bridgehead atoms. The van der Waals surface area contributed by atoms with Gasteiger partial charge >= 0.3 is 0 Å². The third kappa shape index (κ3) is 1.93. The molecule has 1 atom stereocenters. The van der Waals surface area contributed by atoms with E-state index in [2.05, 4.69) is 10.1 Å². The van der Waals surface area contributed by atoms with Crippen LogP contribution in [0.25, 0.3) is 0 Å². The Morgan fingerprint density at radius 1 is 1.33 bits per heavy atom. The van der Waals surface area contributed by atoms with Crippen molar-refractivity contribution in [3.63, 3.8) is 0 Å². The first-order chi connectivity index (χ1) is 7.31. The van der Waals surface area contributed by atoms with Gasteiger partial charge < -0.3 is 0 Å². The minimum atomic E-state index is 0.113. The quantitative estimate of drug-likeness (QED) is 0.710. The van der Waals surface area contributed by atoms with Crippen LogP contribution in [0.3, 0.4) is 0 Å². The minimum Gasteiger partial charge on any atom is -0.296 e. The van der Waals surface area contributed by atoms with Gasteiger partial charge in [0.1, 0.15) is 5.69 Å². The van der Waals surface area contributed by atoms with Crippen molar-refractivity contribution in [2.24, 2.45) is 0 Å². The number of carbonyl (C=O) groups excluding carboxylic acids is 1. The Labute approximate surface area is 87.6 Å². The number of pyridine rings is 1. The van der Waals surface area contributed by atoms with E-state index in [1.54, 1.807) is 29.3 Å². The molecular formula is C11H11N3O. The molecular weight excluding hydrogens is 190 g/mol. The van der Waals surface area contributed by atoms with Gasteiger partial charge in [-0.05, 0) is 30.7 Å². The SMILES string of the molecule is C[C@H](c1ccncc1)n1ccc(C=O)n1. The molecule has 0 aliphatic heterocycles. The second kappa shape index (κ2) is 4.04. The van der Waals surface area contributed by atoms with Gasteiger partial charge in [-0.15, -0.1) is 0 Å². The molecule has 76 valence electrons. The lowest BCUT2D eigenvalue weighted by Crippen LogP contribution is -2.07. The molecule has 2 aromatic heterocycles. The largest absolute Gasteiger partial charge is 0.296 e. The Hall–Kier alpha value is -1.97. The Bertz CT molecular complexity index is 450. The number of carbonyl (C=O) groups is 1. The second-order valence-electron chi connectivity index (χ2n) is 3.29. The van der Waals surface area contributed by atoms with Gasteiger partial charge in [0.15, 0.2) is 6.29 Å². The van der Waals surface area contributed by atoms with Crippen LogP contribution in [-0.2, 0) is 0 Å². The molecule has 2 heterocycles. The monoisotopic (exact) mass is 201 g/mol. The molecule has 0 spiro atoms. The predicted octanol–water partition coefficient (Wildman–Crippen LogP) is 1.70. The molecule has 0 aliphatic carbocycles. The van der Waals surface area contributed by atoms with Crippen LogP contribution in [0.2, 0.25) is 0 Å². The molecule has 15 heavy (non-hydrogen) atoms. The van der Waals surface area contributed by atoms with Crippen molar-refractivity contribution in [3.05, 3.63) is 48.0 Å². The fraction of sp³-hybridized carbons (Fsp3) is 0.182. The van der Waals surface area contributed by atoms with Crippen molar-refractivity contribution in [2.45, 2.75) is 13.0 Å². The van der Waals surface area contributed by atoms with Crippen molar-refractivity contribution < 1.29 is 4.79 Å². The highest BCUT2D eigenvalue weighted by atomic mass is 16.1. The highest BCUT2D eigenvalue weighted by Gasteiger charge is 2.08. The first-order valence-corrected chi connectivity index (χ1v) is 4.71. The first kappa shape index (κ1) is 9.58. The summed E-state index contributed by atoms with van der Waals surface area (Å²) in [6.45, 7) is 2.02. The Kier molecular flexibility index (Phi) is 2.58. The van der Waals surface area contributed by atoms with Crippen LogP contribution in [0.15, 0.2) is 36.8 Å². The van der Waals surface area contributed by atoms with Gasteiger partial charge in [-0.25, -0.2) is 0 Å². The van der Waals surface area contributed by atoms with Crippen LogP contribution in [0.1, 0.15) is 29.0 Å². The van der Waals surface area contributed by atoms with Crippen molar-refractivity contribution in [1.29, 1.82) is 0 Å². The van der Waals surface area contributed by atoms with E-state index >= 15 is 0 Å². The maximum atomic E-state index is 10.5. The van der Waals surface area contributed by atoms with Crippen LogP contribution in [0.5, 0.6) is 0 Å². The topological polar surface area (TPSA) is 47.8 Å². The maximum Gasteiger partial charge on any atom is 0.170 e. The number of hydrogen-bond acceptors (Lipinski definition) is 3. The number of hydrogen-bond donors (Lipinski definition) is 0. The molecule has 2 rings (SSSR count). The van der Waals surface area contributed by atoms with Gasteiger partial charge in [-0.2, -0.15) is 5.10 Å². The average Bonchev–Trinajstić information content (AvgIpc) is 2.78. The minimum absolute atomic E-state index is 0.113. The van der Waals surface area contributed by atoms with Gasteiger partial charge in [0.2, 0.25) is 0 Å². The zero-order valence-corrected chi connectivity index (χ0v) is 8.37. The summed E-state index contributed by atoms with van der Waals surface area (Å²) >= 11 is 0. The number of nitrogens with zero attached hydrogens (tertiary/aromatic N) is 3. The number of aromatic nitrogens is 3. The molecule has 0 radical (unpaired) electrons. The van der Waals surface area contributed by atoms with Gasteiger partial charge in [-0.3, -0.25) is 14.5 Å². The van der Waals surface area contributed by atoms with Gasteiger partial charge in [0.05, 0.1) is 6.04 Å². The van der Waals surface area contributed by atoms with E-state index in [1.165, 1.54) is 0 Å². The molecule has 0 aliphatic rings. The smallest absolute Gasteiger partial charge is 0.170 e. The second-order valence-corrected chi connectivity index (χ2v) is 3.29. The van der Waals surface area contributed by atoms with Gasteiger partial charge in [0.25, 0.3) is 0 Å². The summed E-state index contributed by atoms with van der Waals surface area (Å²) in [5.41, 5.74) is 1.57. The summed E-state index contributed by atoms with van der Waals surface area (Å²) in [6, 6.07) is 5.69. The summed E-state index contributed by atoms with van der Waals surface area (Å²) in [4.78, 5) is 14.5. The summed E-state index contributed by atoms with van der Waals surface area (Å²) in [7, 11) is 0. The van der Waals surface area contributed by atoms with Gasteiger partial charge in [-0.1, -0.05) is 0 Å². The van der Waals surface area contributed by atoms with Crippen molar-refractivity contribution >= 4 is 6.29 Å². The highest BCUT2D eigenvalue weighted by Crippen LogP contribution is 2.15. The Morgan fingerprint density at radius 2 is 2.07 bits per heavy atom. The van der Waals surface area contributed by atoms with Crippen molar-refractivity contribution in [2.75, 3.05) is 0 Å². The van der Waals surface area contributed by atoms with Crippen LogP contribution in [0.4, 0.5) is 0 Å².